The van der Waals surface area contributed by atoms with Crippen LogP contribution >= 0.6 is 0 Å². The molecule has 2 atom stereocenters. The minimum Gasteiger partial charge on any atom is -0.463 e. The second-order valence-corrected chi connectivity index (χ2v) is 10.3. The predicted octanol–water partition coefficient (Wildman–Crippen LogP) is 3.96. The molecule has 1 aromatic heterocycles. The van der Waals surface area contributed by atoms with Crippen molar-refractivity contribution < 1.29 is 28.5 Å². The highest BCUT2D eigenvalue weighted by atomic mass is 16.6. The summed E-state index contributed by atoms with van der Waals surface area (Å²) in [7, 11) is 0. The zero-order valence-electron chi connectivity index (χ0n) is 21.1. The van der Waals surface area contributed by atoms with E-state index in [1.807, 2.05) is 18.2 Å². The summed E-state index contributed by atoms with van der Waals surface area (Å²) >= 11 is 0. The topological polar surface area (TPSA) is 103 Å². The Balaban J connectivity index is 1.37. The molecule has 8 nitrogen and oxygen atoms in total. The Labute approximate surface area is 215 Å². The normalized spacial score (nSPS) is 22.9. The molecule has 3 aromatic rings. The van der Waals surface area contributed by atoms with Crippen molar-refractivity contribution in [2.75, 3.05) is 26.4 Å². The van der Waals surface area contributed by atoms with Gasteiger partial charge in [-0.15, -0.1) is 0 Å². The van der Waals surface area contributed by atoms with Crippen LogP contribution in [-0.2, 0) is 34.0 Å². The third kappa shape index (κ3) is 4.83. The van der Waals surface area contributed by atoms with Crippen LogP contribution in [0.25, 0.3) is 22.3 Å². The summed E-state index contributed by atoms with van der Waals surface area (Å²) in [6.45, 7) is 5.94. The highest BCUT2D eigenvalue weighted by Gasteiger charge is 2.46. The summed E-state index contributed by atoms with van der Waals surface area (Å²) in [6.07, 6.45) is 1.31. The summed E-state index contributed by atoms with van der Waals surface area (Å²) in [5.41, 5.74) is 6.91. The van der Waals surface area contributed by atoms with Gasteiger partial charge in [0.15, 0.2) is 0 Å². The molecule has 3 heterocycles. The van der Waals surface area contributed by atoms with Crippen LogP contribution in [0, 0.1) is 13.8 Å². The van der Waals surface area contributed by atoms with Crippen molar-refractivity contribution in [3.05, 3.63) is 58.8 Å². The fraction of sp³-hybridized carbons (Fsp3) is 0.448. The van der Waals surface area contributed by atoms with Gasteiger partial charge in [-0.3, -0.25) is 9.59 Å². The second-order valence-electron chi connectivity index (χ2n) is 10.3. The zero-order valence-corrected chi connectivity index (χ0v) is 21.1. The molecule has 0 radical (unpaired) electrons. The molecule has 8 heteroatoms. The monoisotopic (exact) mass is 502 g/mol. The number of aromatic nitrogens is 2. The molecule has 2 saturated heterocycles. The predicted molar refractivity (Wildman–Crippen MR) is 135 cm³/mol. The Morgan fingerprint density at radius 1 is 0.892 bits per heavy atom. The summed E-state index contributed by atoms with van der Waals surface area (Å²) in [6, 6.07) is 12.2. The van der Waals surface area contributed by atoms with Crippen LogP contribution in [0.3, 0.4) is 0 Å². The van der Waals surface area contributed by atoms with Crippen LogP contribution in [0.5, 0.6) is 0 Å². The third-order valence-electron chi connectivity index (χ3n) is 7.61. The van der Waals surface area contributed by atoms with Gasteiger partial charge in [0.05, 0.1) is 35.6 Å². The number of esters is 2. The lowest BCUT2D eigenvalue weighted by Gasteiger charge is -2.30. The molecule has 2 aliphatic heterocycles. The Morgan fingerprint density at radius 2 is 1.43 bits per heavy atom. The molecule has 37 heavy (non-hydrogen) atoms. The molecular formula is C29H30N2O6. The summed E-state index contributed by atoms with van der Waals surface area (Å²) in [5, 5.41) is 0. The average molecular weight is 503 g/mol. The van der Waals surface area contributed by atoms with Crippen LogP contribution in [-0.4, -0.2) is 60.5 Å². The summed E-state index contributed by atoms with van der Waals surface area (Å²) in [5.74, 6) is -0.566. The standard InChI is InChI=1S/C29H30N2O6/c1-17-11-23-24(12-18(17)2)31-28-27(30-23)21-5-3-4-6-22(21)29(28,9-7-25(32)36-15-19-13-34-19)10-8-26(33)37-16-20-14-35-20/h3-6,11-12,19-20H,7-10,13-16H2,1-2H3. The average Bonchev–Trinajstić information content (AvgIpc) is 3.83. The number of carbonyl (C=O) groups excluding carboxylic acids is 2. The molecule has 2 fully saturated rings. The lowest BCUT2D eigenvalue weighted by molar-refractivity contribution is -0.144. The van der Waals surface area contributed by atoms with E-state index in [0.29, 0.717) is 26.1 Å². The summed E-state index contributed by atoms with van der Waals surface area (Å²) in [4.78, 5) is 35.6. The van der Waals surface area contributed by atoms with Crippen LogP contribution < -0.4 is 0 Å². The number of fused-ring (bicyclic) bond motifs is 4. The van der Waals surface area contributed by atoms with Gasteiger partial charge in [-0.2, -0.15) is 0 Å². The molecule has 192 valence electrons. The summed E-state index contributed by atoms with van der Waals surface area (Å²) < 4.78 is 21.2. The number of carbonyl (C=O) groups is 2. The van der Waals surface area contributed by atoms with E-state index in [1.54, 1.807) is 0 Å². The Bertz CT molecular complexity index is 1350. The minimum atomic E-state index is -0.671. The molecular weight excluding hydrogens is 472 g/mol. The quantitative estimate of drug-likeness (QED) is 0.303. The van der Waals surface area contributed by atoms with Crippen molar-refractivity contribution >= 4 is 23.0 Å². The molecule has 2 unspecified atom stereocenters. The van der Waals surface area contributed by atoms with E-state index in [9.17, 15) is 9.59 Å². The van der Waals surface area contributed by atoms with E-state index < -0.39 is 5.41 Å². The van der Waals surface area contributed by atoms with E-state index in [-0.39, 0.29) is 50.2 Å². The Kier molecular flexibility index (Phi) is 6.16. The van der Waals surface area contributed by atoms with Crippen molar-refractivity contribution in [1.82, 2.24) is 9.97 Å². The van der Waals surface area contributed by atoms with Crippen LogP contribution in [0.4, 0.5) is 0 Å². The third-order valence-corrected chi connectivity index (χ3v) is 7.61. The molecule has 3 aliphatic rings. The van der Waals surface area contributed by atoms with Gasteiger partial charge in [0.1, 0.15) is 25.4 Å². The second kappa shape index (κ2) is 9.50. The van der Waals surface area contributed by atoms with Gasteiger partial charge < -0.3 is 18.9 Å². The number of aryl methyl sites for hydroxylation is 2. The first-order valence-electron chi connectivity index (χ1n) is 12.9. The van der Waals surface area contributed by atoms with Gasteiger partial charge in [0.25, 0.3) is 0 Å². The smallest absolute Gasteiger partial charge is 0.305 e. The van der Waals surface area contributed by atoms with Crippen LogP contribution in [0.1, 0.15) is 48.1 Å². The number of hydrogen-bond acceptors (Lipinski definition) is 8. The van der Waals surface area contributed by atoms with E-state index in [4.69, 9.17) is 28.9 Å². The number of ether oxygens (including phenoxy) is 4. The maximum atomic E-state index is 12.7. The van der Waals surface area contributed by atoms with Crippen molar-refractivity contribution in [3.8, 4) is 11.3 Å². The molecule has 1 aliphatic carbocycles. The first-order valence-corrected chi connectivity index (χ1v) is 12.9. The van der Waals surface area contributed by atoms with Gasteiger partial charge in [-0.25, -0.2) is 9.97 Å². The van der Waals surface area contributed by atoms with Gasteiger partial charge >= 0.3 is 11.9 Å². The van der Waals surface area contributed by atoms with Gasteiger partial charge in [0, 0.05) is 23.8 Å². The molecule has 2 aromatic carbocycles. The lowest BCUT2D eigenvalue weighted by Crippen LogP contribution is -2.29. The Morgan fingerprint density at radius 3 is 2.00 bits per heavy atom. The Hall–Kier alpha value is -3.36. The van der Waals surface area contributed by atoms with E-state index in [0.717, 1.165) is 44.7 Å². The molecule has 0 bridgehead atoms. The van der Waals surface area contributed by atoms with Gasteiger partial charge in [0.2, 0.25) is 0 Å². The van der Waals surface area contributed by atoms with Crippen molar-refractivity contribution in [3.63, 3.8) is 0 Å². The van der Waals surface area contributed by atoms with Crippen molar-refractivity contribution in [1.29, 1.82) is 0 Å². The van der Waals surface area contributed by atoms with Crippen LogP contribution in [0.2, 0.25) is 0 Å². The highest BCUT2D eigenvalue weighted by Crippen LogP contribution is 2.52. The fourth-order valence-electron chi connectivity index (χ4n) is 5.17. The van der Waals surface area contributed by atoms with Crippen molar-refractivity contribution in [2.45, 2.75) is 57.2 Å². The lowest BCUT2D eigenvalue weighted by atomic mass is 9.73. The molecule has 0 saturated carbocycles. The van der Waals surface area contributed by atoms with Crippen molar-refractivity contribution in [2.24, 2.45) is 0 Å². The zero-order chi connectivity index (χ0) is 25.6. The molecule has 6 rings (SSSR count). The SMILES string of the molecule is Cc1cc2nc3c(nc2cc1C)C(CCC(=O)OCC1CO1)(CCC(=O)OCC1CO1)c1ccccc1-3. The van der Waals surface area contributed by atoms with E-state index in [1.165, 1.54) is 0 Å². The van der Waals surface area contributed by atoms with E-state index in [2.05, 4.69) is 32.0 Å². The fourth-order valence-corrected chi connectivity index (χ4v) is 5.17. The minimum absolute atomic E-state index is 0.0139. The molecule has 0 amide bonds. The highest BCUT2D eigenvalue weighted by molar-refractivity contribution is 5.85. The number of hydrogen-bond donors (Lipinski definition) is 0. The van der Waals surface area contributed by atoms with Gasteiger partial charge in [-0.05, 0) is 55.5 Å². The maximum absolute atomic E-state index is 12.7. The molecule has 0 spiro atoms. The van der Waals surface area contributed by atoms with Gasteiger partial charge in [-0.1, -0.05) is 24.3 Å². The maximum Gasteiger partial charge on any atom is 0.305 e. The molecule has 0 N–H and O–H groups in total. The van der Waals surface area contributed by atoms with E-state index >= 15 is 0 Å². The number of rotatable bonds is 10. The van der Waals surface area contributed by atoms with Crippen LogP contribution in [0.15, 0.2) is 36.4 Å². The first-order chi connectivity index (χ1) is 17.9. The number of epoxide rings is 2. The first kappa shape index (κ1) is 24.0. The largest absolute Gasteiger partial charge is 0.463 e. The number of benzene rings is 2. The number of nitrogens with zero attached hydrogens (tertiary/aromatic N) is 2.